The molecule has 156 valence electrons. The number of thiocarbonyl (C=S) groups is 1. The SMILES string of the molecule is O=C1C(=Cc2cn(-c3ccc([N+](=O)[O-])cc3)cn2)SC(=S)N1C1CCCCCCC1. The van der Waals surface area contributed by atoms with E-state index in [1.54, 1.807) is 35.3 Å². The Balaban J connectivity index is 1.50. The number of carbonyl (C=O) groups is 1. The molecule has 1 saturated heterocycles. The number of benzene rings is 1. The molecule has 0 unspecified atom stereocenters. The third kappa shape index (κ3) is 4.46. The zero-order valence-electron chi connectivity index (χ0n) is 16.4. The molecule has 4 rings (SSSR count). The molecule has 7 nitrogen and oxygen atoms in total. The van der Waals surface area contributed by atoms with Gasteiger partial charge in [-0.1, -0.05) is 56.1 Å². The molecule has 0 spiro atoms. The summed E-state index contributed by atoms with van der Waals surface area (Å²) in [4.78, 5) is 30.2. The van der Waals surface area contributed by atoms with E-state index in [0.717, 1.165) is 31.4 Å². The summed E-state index contributed by atoms with van der Waals surface area (Å²) in [5.74, 6) is -0.0274. The van der Waals surface area contributed by atoms with Crippen LogP contribution in [0.4, 0.5) is 5.69 Å². The van der Waals surface area contributed by atoms with E-state index < -0.39 is 4.92 Å². The number of amides is 1. The van der Waals surface area contributed by atoms with Gasteiger partial charge in [-0.3, -0.25) is 19.8 Å². The normalized spacial score (nSPS) is 19.9. The van der Waals surface area contributed by atoms with Crippen LogP contribution in [0.25, 0.3) is 11.8 Å². The fraction of sp³-hybridized carbons (Fsp3) is 0.381. The predicted molar refractivity (Wildman–Crippen MR) is 121 cm³/mol. The van der Waals surface area contributed by atoms with Crippen LogP contribution in [-0.4, -0.2) is 35.6 Å². The van der Waals surface area contributed by atoms with E-state index in [1.807, 2.05) is 4.90 Å². The molecule has 2 heterocycles. The van der Waals surface area contributed by atoms with E-state index >= 15 is 0 Å². The molecule has 1 aliphatic heterocycles. The molecule has 2 fully saturated rings. The third-order valence-electron chi connectivity index (χ3n) is 5.50. The lowest BCUT2D eigenvalue weighted by atomic mass is 9.96. The van der Waals surface area contributed by atoms with Crippen molar-refractivity contribution < 1.29 is 9.72 Å². The molecule has 2 aromatic rings. The highest BCUT2D eigenvalue weighted by Gasteiger charge is 2.37. The number of nitro benzene ring substituents is 1. The monoisotopic (exact) mass is 442 g/mol. The van der Waals surface area contributed by atoms with Crippen molar-refractivity contribution in [2.75, 3.05) is 0 Å². The van der Waals surface area contributed by atoms with Gasteiger partial charge in [-0.15, -0.1) is 0 Å². The number of aromatic nitrogens is 2. The lowest BCUT2D eigenvalue weighted by molar-refractivity contribution is -0.384. The number of imidazole rings is 1. The first-order valence-corrected chi connectivity index (χ1v) is 11.3. The number of nitrogens with zero attached hydrogens (tertiary/aromatic N) is 4. The summed E-state index contributed by atoms with van der Waals surface area (Å²) in [5.41, 5.74) is 1.44. The van der Waals surface area contributed by atoms with Crippen LogP contribution in [0.5, 0.6) is 0 Å². The second-order valence-corrected chi connectivity index (χ2v) is 9.21. The Morgan fingerprint density at radius 3 is 2.47 bits per heavy atom. The van der Waals surface area contributed by atoms with Crippen molar-refractivity contribution in [3.05, 3.63) is 57.5 Å². The number of hydrogen-bond acceptors (Lipinski definition) is 6. The van der Waals surface area contributed by atoms with Gasteiger partial charge in [0.1, 0.15) is 4.32 Å². The fourth-order valence-corrected chi connectivity index (χ4v) is 5.31. The van der Waals surface area contributed by atoms with E-state index in [-0.39, 0.29) is 17.6 Å². The van der Waals surface area contributed by atoms with Crippen molar-refractivity contribution in [1.29, 1.82) is 0 Å². The Morgan fingerprint density at radius 2 is 1.80 bits per heavy atom. The molecule has 1 aromatic carbocycles. The molecule has 2 aliphatic rings. The molecule has 0 bridgehead atoms. The number of carbonyl (C=O) groups excluding carboxylic acids is 1. The molecule has 0 atom stereocenters. The first kappa shape index (κ1) is 20.7. The summed E-state index contributed by atoms with van der Waals surface area (Å²) in [6.07, 6.45) is 13.2. The maximum Gasteiger partial charge on any atom is 0.269 e. The minimum atomic E-state index is -0.429. The Hall–Kier alpha value is -2.52. The summed E-state index contributed by atoms with van der Waals surface area (Å²) in [7, 11) is 0. The summed E-state index contributed by atoms with van der Waals surface area (Å²) < 4.78 is 2.40. The highest BCUT2D eigenvalue weighted by molar-refractivity contribution is 8.26. The van der Waals surface area contributed by atoms with Gasteiger partial charge in [0.2, 0.25) is 0 Å². The van der Waals surface area contributed by atoms with Gasteiger partial charge in [0.15, 0.2) is 0 Å². The van der Waals surface area contributed by atoms with Crippen LogP contribution in [0, 0.1) is 10.1 Å². The second-order valence-electron chi connectivity index (χ2n) is 7.53. The molecule has 9 heteroatoms. The lowest BCUT2D eigenvalue weighted by Crippen LogP contribution is -2.39. The van der Waals surface area contributed by atoms with Crippen LogP contribution in [0.2, 0.25) is 0 Å². The first-order valence-electron chi connectivity index (χ1n) is 10.1. The van der Waals surface area contributed by atoms with Gasteiger partial charge in [-0.2, -0.15) is 0 Å². The van der Waals surface area contributed by atoms with Gasteiger partial charge < -0.3 is 4.57 Å². The Labute approximate surface area is 184 Å². The quantitative estimate of drug-likeness (QED) is 0.284. The van der Waals surface area contributed by atoms with Gasteiger partial charge in [0.25, 0.3) is 11.6 Å². The van der Waals surface area contributed by atoms with Gasteiger partial charge in [0, 0.05) is 30.1 Å². The number of nitro groups is 1. The van der Waals surface area contributed by atoms with Crippen molar-refractivity contribution >= 4 is 46.0 Å². The van der Waals surface area contributed by atoms with E-state index in [2.05, 4.69) is 4.98 Å². The van der Waals surface area contributed by atoms with E-state index in [1.165, 1.54) is 43.2 Å². The maximum atomic E-state index is 13.0. The second kappa shape index (κ2) is 9.09. The Morgan fingerprint density at radius 1 is 1.13 bits per heavy atom. The first-order chi connectivity index (χ1) is 14.5. The highest BCUT2D eigenvalue weighted by atomic mass is 32.2. The van der Waals surface area contributed by atoms with Crippen LogP contribution < -0.4 is 0 Å². The number of rotatable bonds is 4. The standard InChI is InChI=1S/C21H22N4O3S2/c26-20-19(30-21(29)24(20)17-6-4-2-1-3-5-7-17)12-15-13-23(14-22-15)16-8-10-18(11-9-16)25(27)28/h8-14,17H,1-7H2. The molecule has 0 radical (unpaired) electrons. The molecule has 1 aliphatic carbocycles. The number of hydrogen-bond donors (Lipinski definition) is 0. The minimum absolute atomic E-state index is 0.0274. The Kier molecular flexibility index (Phi) is 6.29. The van der Waals surface area contributed by atoms with Crippen LogP contribution in [-0.2, 0) is 4.79 Å². The fourth-order valence-electron chi connectivity index (χ4n) is 3.92. The lowest BCUT2D eigenvalue weighted by Gasteiger charge is -2.28. The van der Waals surface area contributed by atoms with Crippen molar-refractivity contribution in [3.8, 4) is 5.69 Å². The molecule has 30 heavy (non-hydrogen) atoms. The average molecular weight is 443 g/mol. The molecule has 1 saturated carbocycles. The van der Waals surface area contributed by atoms with Crippen LogP contribution in [0.15, 0.2) is 41.7 Å². The van der Waals surface area contributed by atoms with Gasteiger partial charge in [-0.25, -0.2) is 4.98 Å². The highest BCUT2D eigenvalue weighted by Crippen LogP contribution is 2.36. The third-order valence-corrected chi connectivity index (χ3v) is 6.83. The smallest absolute Gasteiger partial charge is 0.269 e. The summed E-state index contributed by atoms with van der Waals surface area (Å²) in [5, 5.41) is 10.8. The van der Waals surface area contributed by atoms with Crippen molar-refractivity contribution in [1.82, 2.24) is 14.5 Å². The van der Waals surface area contributed by atoms with Crippen molar-refractivity contribution in [2.24, 2.45) is 0 Å². The van der Waals surface area contributed by atoms with E-state index in [4.69, 9.17) is 12.2 Å². The molecular formula is C21H22N4O3S2. The van der Waals surface area contributed by atoms with E-state index in [9.17, 15) is 14.9 Å². The Bertz CT molecular complexity index is 992. The predicted octanol–water partition coefficient (Wildman–Crippen LogP) is 5.09. The van der Waals surface area contributed by atoms with Crippen LogP contribution >= 0.6 is 24.0 Å². The topological polar surface area (TPSA) is 81.3 Å². The summed E-state index contributed by atoms with van der Waals surface area (Å²) in [6, 6.07) is 6.43. The summed E-state index contributed by atoms with van der Waals surface area (Å²) in [6.45, 7) is 0. The van der Waals surface area contributed by atoms with Crippen molar-refractivity contribution in [3.63, 3.8) is 0 Å². The molecule has 0 N–H and O–H groups in total. The molecule has 1 amide bonds. The minimum Gasteiger partial charge on any atom is -0.306 e. The van der Waals surface area contributed by atoms with Crippen molar-refractivity contribution in [2.45, 2.75) is 51.0 Å². The van der Waals surface area contributed by atoms with Gasteiger partial charge in [-0.05, 0) is 31.1 Å². The van der Waals surface area contributed by atoms with Gasteiger partial charge >= 0.3 is 0 Å². The van der Waals surface area contributed by atoms with Crippen LogP contribution in [0.3, 0.4) is 0 Å². The maximum absolute atomic E-state index is 13.0. The average Bonchev–Trinajstić information content (AvgIpc) is 3.27. The molecular weight excluding hydrogens is 420 g/mol. The number of non-ortho nitro benzene ring substituents is 1. The zero-order valence-corrected chi connectivity index (χ0v) is 18.0. The largest absolute Gasteiger partial charge is 0.306 e. The zero-order chi connectivity index (χ0) is 21.1. The van der Waals surface area contributed by atoms with Crippen LogP contribution in [0.1, 0.15) is 50.6 Å². The number of thioether (sulfide) groups is 1. The summed E-state index contributed by atoms with van der Waals surface area (Å²) >= 11 is 6.87. The van der Waals surface area contributed by atoms with Gasteiger partial charge in [0.05, 0.1) is 21.8 Å². The van der Waals surface area contributed by atoms with E-state index in [0.29, 0.717) is 14.9 Å². The molecule has 1 aromatic heterocycles.